The second-order valence-corrected chi connectivity index (χ2v) is 5.46. The maximum Gasteiger partial charge on any atom is 0.0319 e. The quantitative estimate of drug-likeness (QED) is 0.532. The maximum atomic E-state index is 7.00. The van der Waals surface area contributed by atoms with Gasteiger partial charge in [0.15, 0.2) is 0 Å². The predicted octanol–water partition coefficient (Wildman–Crippen LogP) is 6.72. The third-order valence-corrected chi connectivity index (χ3v) is 3.82. The van der Waals surface area contributed by atoms with Crippen LogP contribution in [-0.4, -0.2) is 12.2 Å². The first-order valence-electron chi connectivity index (χ1n) is 10.0. The fraction of sp³-hybridized carbons (Fsp3) is 0.308. The van der Waals surface area contributed by atoms with Gasteiger partial charge in [0.25, 0.3) is 0 Å². The molecule has 146 valence electrons. The van der Waals surface area contributed by atoms with Crippen molar-refractivity contribution in [2.75, 3.05) is 7.11 Å². The SMILES string of the molecule is CC.CC.CO.c1ccc(CCc2ccc(Cc3ccccc3)cc2)cc1. The summed E-state index contributed by atoms with van der Waals surface area (Å²) in [5.41, 5.74) is 5.57. The molecule has 0 amide bonds. The Kier molecular flexibility index (Phi) is 15.6. The van der Waals surface area contributed by atoms with Crippen molar-refractivity contribution in [1.29, 1.82) is 0 Å². The number of hydrogen-bond acceptors (Lipinski definition) is 1. The molecule has 0 aliphatic rings. The van der Waals surface area contributed by atoms with E-state index in [1.807, 2.05) is 27.7 Å². The van der Waals surface area contributed by atoms with E-state index in [0.29, 0.717) is 0 Å². The van der Waals surface area contributed by atoms with E-state index in [0.717, 1.165) is 26.4 Å². The molecule has 0 fully saturated rings. The van der Waals surface area contributed by atoms with E-state index < -0.39 is 0 Å². The van der Waals surface area contributed by atoms with Gasteiger partial charge >= 0.3 is 0 Å². The van der Waals surface area contributed by atoms with Crippen molar-refractivity contribution < 1.29 is 5.11 Å². The molecule has 0 heterocycles. The standard InChI is InChI=1S/C21H20.2C2H6.CH4O/c1-3-7-18(8-4-1)11-12-19-13-15-21(16-14-19)17-20-9-5-2-6-10-20;3*1-2/h1-10,13-16H,11-12,17H2;2*1-2H3;2H,1H3. The summed E-state index contributed by atoms with van der Waals surface area (Å²) in [5, 5.41) is 7.00. The summed E-state index contributed by atoms with van der Waals surface area (Å²) in [6.07, 6.45) is 3.23. The molecule has 27 heavy (non-hydrogen) atoms. The monoisotopic (exact) mass is 364 g/mol. The van der Waals surface area contributed by atoms with Crippen LogP contribution in [0.2, 0.25) is 0 Å². The lowest BCUT2D eigenvalue weighted by Crippen LogP contribution is -1.92. The van der Waals surface area contributed by atoms with Crippen LogP contribution in [0.4, 0.5) is 0 Å². The number of aliphatic hydroxyl groups excluding tert-OH is 1. The molecule has 1 heteroatoms. The Bertz CT molecular complexity index is 658. The molecular formula is C26H36O. The molecule has 0 radical (unpaired) electrons. The lowest BCUT2D eigenvalue weighted by atomic mass is 10.0. The Balaban J connectivity index is 0.00000103. The van der Waals surface area contributed by atoms with E-state index in [-0.39, 0.29) is 0 Å². The van der Waals surface area contributed by atoms with Gasteiger partial charge in [0.1, 0.15) is 0 Å². The summed E-state index contributed by atoms with van der Waals surface area (Å²) in [4.78, 5) is 0. The highest BCUT2D eigenvalue weighted by molar-refractivity contribution is 5.29. The van der Waals surface area contributed by atoms with Crippen LogP contribution in [0.3, 0.4) is 0 Å². The average Bonchev–Trinajstić information content (AvgIpc) is 2.79. The van der Waals surface area contributed by atoms with Gasteiger partial charge in [-0.15, -0.1) is 0 Å². The van der Waals surface area contributed by atoms with Crippen molar-refractivity contribution in [2.45, 2.75) is 47.0 Å². The fourth-order valence-corrected chi connectivity index (χ4v) is 2.59. The van der Waals surface area contributed by atoms with Gasteiger partial charge in [-0.25, -0.2) is 0 Å². The Morgan fingerprint density at radius 2 is 0.741 bits per heavy atom. The first-order valence-corrected chi connectivity index (χ1v) is 10.0. The second-order valence-electron chi connectivity index (χ2n) is 5.46. The molecule has 3 aromatic carbocycles. The lowest BCUT2D eigenvalue weighted by Gasteiger charge is -2.05. The largest absolute Gasteiger partial charge is 0.400 e. The molecular weight excluding hydrogens is 328 g/mol. The first kappa shape index (κ1) is 24.6. The zero-order chi connectivity index (χ0) is 20.3. The van der Waals surface area contributed by atoms with Gasteiger partial charge in [0, 0.05) is 7.11 Å². The molecule has 1 nitrogen and oxygen atoms in total. The van der Waals surface area contributed by atoms with Crippen molar-refractivity contribution in [1.82, 2.24) is 0 Å². The maximum absolute atomic E-state index is 7.00. The third kappa shape index (κ3) is 10.4. The normalized spacial score (nSPS) is 8.81. The molecule has 0 saturated heterocycles. The number of rotatable bonds is 5. The summed E-state index contributed by atoms with van der Waals surface area (Å²) in [7, 11) is 1.00. The van der Waals surface area contributed by atoms with E-state index in [1.54, 1.807) is 0 Å². The van der Waals surface area contributed by atoms with E-state index in [2.05, 4.69) is 84.9 Å². The minimum atomic E-state index is 1.00. The molecule has 3 aromatic rings. The minimum Gasteiger partial charge on any atom is -0.400 e. The van der Waals surface area contributed by atoms with Gasteiger partial charge in [-0.05, 0) is 41.5 Å². The number of aryl methyl sites for hydroxylation is 2. The van der Waals surface area contributed by atoms with Gasteiger partial charge in [0.05, 0.1) is 0 Å². The van der Waals surface area contributed by atoms with E-state index >= 15 is 0 Å². The highest BCUT2D eigenvalue weighted by Gasteiger charge is 1.98. The first-order chi connectivity index (χ1) is 13.4. The molecule has 0 aliphatic heterocycles. The third-order valence-electron chi connectivity index (χ3n) is 3.82. The summed E-state index contributed by atoms with van der Waals surface area (Å²) in [6.45, 7) is 8.00. The molecule has 0 aliphatic carbocycles. The molecule has 0 bridgehead atoms. The van der Waals surface area contributed by atoms with Crippen LogP contribution >= 0.6 is 0 Å². The van der Waals surface area contributed by atoms with Gasteiger partial charge in [-0.1, -0.05) is 113 Å². The number of benzene rings is 3. The average molecular weight is 365 g/mol. The van der Waals surface area contributed by atoms with Crippen molar-refractivity contribution in [2.24, 2.45) is 0 Å². The zero-order valence-electron chi connectivity index (χ0n) is 17.7. The van der Waals surface area contributed by atoms with Crippen molar-refractivity contribution in [3.63, 3.8) is 0 Å². The number of hydrogen-bond donors (Lipinski definition) is 1. The van der Waals surface area contributed by atoms with Gasteiger partial charge in [-0.3, -0.25) is 0 Å². The van der Waals surface area contributed by atoms with Crippen LogP contribution in [0.25, 0.3) is 0 Å². The zero-order valence-corrected chi connectivity index (χ0v) is 17.7. The van der Waals surface area contributed by atoms with Crippen molar-refractivity contribution in [3.05, 3.63) is 107 Å². The van der Waals surface area contributed by atoms with E-state index in [9.17, 15) is 0 Å². The summed E-state index contributed by atoms with van der Waals surface area (Å²) in [6, 6.07) is 30.4. The molecule has 0 aromatic heterocycles. The Hall–Kier alpha value is -2.38. The Morgan fingerprint density at radius 1 is 0.444 bits per heavy atom. The van der Waals surface area contributed by atoms with E-state index in [1.165, 1.54) is 22.3 Å². The van der Waals surface area contributed by atoms with Crippen LogP contribution in [-0.2, 0) is 19.3 Å². The predicted molar refractivity (Wildman–Crippen MR) is 120 cm³/mol. The molecule has 0 unspecified atom stereocenters. The van der Waals surface area contributed by atoms with Gasteiger partial charge in [0.2, 0.25) is 0 Å². The van der Waals surface area contributed by atoms with Crippen LogP contribution < -0.4 is 0 Å². The van der Waals surface area contributed by atoms with Crippen molar-refractivity contribution in [3.8, 4) is 0 Å². The highest BCUT2D eigenvalue weighted by Crippen LogP contribution is 2.12. The molecule has 3 rings (SSSR count). The second kappa shape index (κ2) is 17.1. The van der Waals surface area contributed by atoms with Crippen LogP contribution in [0.15, 0.2) is 84.9 Å². The summed E-state index contributed by atoms with van der Waals surface area (Å²) < 4.78 is 0. The van der Waals surface area contributed by atoms with Crippen LogP contribution in [0.5, 0.6) is 0 Å². The summed E-state index contributed by atoms with van der Waals surface area (Å²) in [5.74, 6) is 0. The minimum absolute atomic E-state index is 1.00. The fourth-order valence-electron chi connectivity index (χ4n) is 2.59. The van der Waals surface area contributed by atoms with Crippen LogP contribution in [0.1, 0.15) is 49.9 Å². The highest BCUT2D eigenvalue weighted by atomic mass is 16.2. The molecule has 0 saturated carbocycles. The lowest BCUT2D eigenvalue weighted by molar-refractivity contribution is 0.399. The van der Waals surface area contributed by atoms with Gasteiger partial charge in [-0.2, -0.15) is 0 Å². The molecule has 0 atom stereocenters. The number of aliphatic hydroxyl groups is 1. The Morgan fingerprint density at radius 3 is 1.19 bits per heavy atom. The molecule has 1 N–H and O–H groups in total. The Labute approximate surface area is 166 Å². The van der Waals surface area contributed by atoms with E-state index in [4.69, 9.17) is 5.11 Å². The smallest absolute Gasteiger partial charge is 0.0319 e. The van der Waals surface area contributed by atoms with Crippen LogP contribution in [0, 0.1) is 0 Å². The van der Waals surface area contributed by atoms with Crippen molar-refractivity contribution >= 4 is 0 Å². The molecule has 0 spiro atoms. The summed E-state index contributed by atoms with van der Waals surface area (Å²) >= 11 is 0. The topological polar surface area (TPSA) is 20.2 Å². The van der Waals surface area contributed by atoms with Gasteiger partial charge < -0.3 is 5.11 Å².